The molecule has 0 radical (unpaired) electrons. The topological polar surface area (TPSA) is 32.6 Å². The average Bonchev–Trinajstić information content (AvgIpc) is 3.01. The fraction of sp³-hybridized carbons (Fsp3) is 0.643. The van der Waals surface area contributed by atoms with Crippen LogP contribution in [-0.4, -0.2) is 28.0 Å². The van der Waals surface area contributed by atoms with E-state index in [1.807, 2.05) is 0 Å². The van der Waals surface area contributed by atoms with Crippen LogP contribution in [0.2, 0.25) is 0 Å². The van der Waals surface area contributed by atoms with Gasteiger partial charge >= 0.3 is 0 Å². The average molecular weight is 278 g/mol. The molecule has 0 saturated carbocycles. The summed E-state index contributed by atoms with van der Waals surface area (Å²) in [5.41, 5.74) is 1.30. The van der Waals surface area contributed by atoms with Crippen molar-refractivity contribution in [1.29, 1.82) is 0 Å². The van der Waals surface area contributed by atoms with Crippen LogP contribution in [0.3, 0.4) is 0 Å². The number of thiazole rings is 1. The predicted octanol–water partition coefficient (Wildman–Crippen LogP) is 2.88. The molecule has 2 aromatic heterocycles. The van der Waals surface area contributed by atoms with E-state index in [9.17, 15) is 0 Å². The summed E-state index contributed by atoms with van der Waals surface area (Å²) in [6.07, 6.45) is 4.69. The quantitative estimate of drug-likeness (QED) is 0.933. The highest BCUT2D eigenvalue weighted by molar-refractivity contribution is 7.15. The molecule has 1 aliphatic rings. The van der Waals surface area contributed by atoms with E-state index in [0.717, 1.165) is 18.1 Å². The summed E-state index contributed by atoms with van der Waals surface area (Å²) in [6.45, 7) is 8.70. The van der Waals surface area contributed by atoms with Crippen LogP contribution in [-0.2, 0) is 6.54 Å². The van der Waals surface area contributed by atoms with E-state index in [4.69, 9.17) is 4.98 Å². The molecule has 0 amide bonds. The van der Waals surface area contributed by atoms with Crippen LogP contribution in [0.5, 0.6) is 0 Å². The van der Waals surface area contributed by atoms with Gasteiger partial charge in [0, 0.05) is 36.8 Å². The fourth-order valence-electron chi connectivity index (χ4n) is 2.76. The van der Waals surface area contributed by atoms with Crippen molar-refractivity contribution in [1.82, 2.24) is 14.7 Å². The molecule has 0 spiro atoms. The summed E-state index contributed by atoms with van der Waals surface area (Å²) >= 11 is 1.71. The number of nitrogens with zero attached hydrogens (tertiary/aromatic N) is 3. The van der Waals surface area contributed by atoms with Crippen molar-refractivity contribution in [2.75, 3.05) is 11.4 Å². The summed E-state index contributed by atoms with van der Waals surface area (Å²) in [6, 6.07) is 1.11. The molecule has 1 saturated heterocycles. The molecule has 0 aromatic carbocycles. The first-order chi connectivity index (χ1) is 9.16. The van der Waals surface area contributed by atoms with Crippen LogP contribution in [0, 0.1) is 0 Å². The number of fused-ring (bicyclic) bond motifs is 1. The lowest BCUT2D eigenvalue weighted by molar-refractivity contribution is 0.578. The van der Waals surface area contributed by atoms with Gasteiger partial charge in [0.05, 0.1) is 5.69 Å². The van der Waals surface area contributed by atoms with E-state index in [1.54, 1.807) is 11.3 Å². The Labute approximate surface area is 118 Å². The number of rotatable bonds is 4. The number of anilines is 1. The molecule has 3 rings (SSSR count). The Hall–Kier alpha value is -1.07. The SMILES string of the molecule is CC(C)NCc1c(N2CCCC2C)nc2sccn12. The first-order valence-electron chi connectivity index (χ1n) is 7.11. The first kappa shape index (κ1) is 12.9. The van der Waals surface area contributed by atoms with Crippen LogP contribution in [0.4, 0.5) is 5.82 Å². The maximum Gasteiger partial charge on any atom is 0.195 e. The van der Waals surface area contributed by atoms with Crippen LogP contribution < -0.4 is 10.2 Å². The van der Waals surface area contributed by atoms with Crippen LogP contribution in [0.1, 0.15) is 39.3 Å². The van der Waals surface area contributed by atoms with E-state index in [0.29, 0.717) is 12.1 Å². The second kappa shape index (κ2) is 5.13. The zero-order valence-corrected chi connectivity index (χ0v) is 12.7. The zero-order valence-electron chi connectivity index (χ0n) is 11.9. The molecule has 1 unspecified atom stereocenters. The largest absolute Gasteiger partial charge is 0.352 e. The van der Waals surface area contributed by atoms with Gasteiger partial charge in [-0.25, -0.2) is 4.98 Å². The third-order valence-electron chi connectivity index (χ3n) is 3.84. The van der Waals surface area contributed by atoms with Gasteiger partial charge in [-0.3, -0.25) is 4.40 Å². The van der Waals surface area contributed by atoms with Gasteiger partial charge in [-0.15, -0.1) is 11.3 Å². The van der Waals surface area contributed by atoms with Crippen molar-refractivity contribution < 1.29 is 0 Å². The third-order valence-corrected chi connectivity index (χ3v) is 4.60. The van der Waals surface area contributed by atoms with Crippen LogP contribution >= 0.6 is 11.3 Å². The molecule has 104 valence electrons. The normalized spacial score (nSPS) is 20.0. The van der Waals surface area contributed by atoms with E-state index in [2.05, 4.69) is 47.0 Å². The lowest BCUT2D eigenvalue weighted by Gasteiger charge is -2.23. The predicted molar refractivity (Wildman–Crippen MR) is 81.1 cm³/mol. The minimum atomic E-state index is 0.494. The Morgan fingerprint density at radius 2 is 2.37 bits per heavy atom. The standard InChI is InChI=1S/C14H22N4S/c1-10(2)15-9-12-13(17-6-4-5-11(17)3)16-14-18(12)7-8-19-14/h7-8,10-11,15H,4-6,9H2,1-3H3. The van der Waals surface area contributed by atoms with Crippen molar-refractivity contribution in [3.8, 4) is 0 Å². The number of nitrogens with one attached hydrogen (secondary N) is 1. The second-order valence-electron chi connectivity index (χ2n) is 5.66. The van der Waals surface area contributed by atoms with Gasteiger partial charge in [-0.2, -0.15) is 0 Å². The van der Waals surface area contributed by atoms with Crippen LogP contribution in [0.25, 0.3) is 4.96 Å². The van der Waals surface area contributed by atoms with Crippen molar-refractivity contribution in [3.05, 3.63) is 17.3 Å². The van der Waals surface area contributed by atoms with Gasteiger partial charge in [0.2, 0.25) is 0 Å². The maximum absolute atomic E-state index is 4.85. The van der Waals surface area contributed by atoms with E-state index < -0.39 is 0 Å². The third kappa shape index (κ3) is 2.37. The van der Waals surface area contributed by atoms with Crippen molar-refractivity contribution in [3.63, 3.8) is 0 Å². The van der Waals surface area contributed by atoms with Gasteiger partial charge < -0.3 is 10.2 Å². The molecule has 2 aromatic rings. The molecule has 3 heterocycles. The molecule has 19 heavy (non-hydrogen) atoms. The number of hydrogen-bond acceptors (Lipinski definition) is 4. The Kier molecular flexibility index (Phi) is 3.50. The monoisotopic (exact) mass is 278 g/mol. The fourth-order valence-corrected chi connectivity index (χ4v) is 3.49. The summed E-state index contributed by atoms with van der Waals surface area (Å²) in [7, 11) is 0. The number of imidazole rings is 1. The Morgan fingerprint density at radius 1 is 1.53 bits per heavy atom. The second-order valence-corrected chi connectivity index (χ2v) is 6.53. The highest BCUT2D eigenvalue weighted by atomic mass is 32.1. The molecule has 1 aliphatic heterocycles. The highest BCUT2D eigenvalue weighted by Gasteiger charge is 2.26. The van der Waals surface area contributed by atoms with E-state index in [1.165, 1.54) is 24.4 Å². The lowest BCUT2D eigenvalue weighted by Crippen LogP contribution is -2.29. The molecule has 0 aliphatic carbocycles. The summed E-state index contributed by atoms with van der Waals surface area (Å²) in [4.78, 5) is 8.43. The summed E-state index contributed by atoms with van der Waals surface area (Å²) < 4.78 is 2.24. The summed E-state index contributed by atoms with van der Waals surface area (Å²) in [5.74, 6) is 1.19. The van der Waals surface area contributed by atoms with E-state index >= 15 is 0 Å². The smallest absolute Gasteiger partial charge is 0.195 e. The number of hydrogen-bond donors (Lipinski definition) is 1. The Bertz CT molecular complexity index is 557. The van der Waals surface area contributed by atoms with Crippen molar-refractivity contribution in [2.24, 2.45) is 0 Å². The van der Waals surface area contributed by atoms with Crippen molar-refractivity contribution in [2.45, 2.75) is 52.2 Å². The lowest BCUT2D eigenvalue weighted by atomic mass is 10.2. The minimum Gasteiger partial charge on any atom is -0.352 e. The molecule has 1 atom stereocenters. The maximum atomic E-state index is 4.85. The van der Waals surface area contributed by atoms with Gasteiger partial charge in [-0.05, 0) is 19.8 Å². The molecule has 0 bridgehead atoms. The molecule has 1 fully saturated rings. The van der Waals surface area contributed by atoms with Gasteiger partial charge in [0.15, 0.2) is 10.8 Å². The molecular formula is C14H22N4S. The van der Waals surface area contributed by atoms with Crippen molar-refractivity contribution >= 4 is 22.1 Å². The van der Waals surface area contributed by atoms with Gasteiger partial charge in [-0.1, -0.05) is 13.8 Å². The van der Waals surface area contributed by atoms with Gasteiger partial charge in [0.25, 0.3) is 0 Å². The first-order valence-corrected chi connectivity index (χ1v) is 7.99. The van der Waals surface area contributed by atoms with Gasteiger partial charge in [0.1, 0.15) is 0 Å². The molecule has 1 N–H and O–H groups in total. The minimum absolute atomic E-state index is 0.494. The molecule has 5 heteroatoms. The molecule has 4 nitrogen and oxygen atoms in total. The molecular weight excluding hydrogens is 256 g/mol. The Morgan fingerprint density at radius 3 is 3.05 bits per heavy atom. The van der Waals surface area contributed by atoms with E-state index in [-0.39, 0.29) is 0 Å². The van der Waals surface area contributed by atoms with Crippen LogP contribution in [0.15, 0.2) is 11.6 Å². The number of aromatic nitrogens is 2. The Balaban J connectivity index is 1.97. The highest BCUT2D eigenvalue weighted by Crippen LogP contribution is 2.30. The summed E-state index contributed by atoms with van der Waals surface area (Å²) in [5, 5.41) is 5.64. The zero-order chi connectivity index (χ0) is 13.4.